The van der Waals surface area contributed by atoms with Crippen LogP contribution in [0.2, 0.25) is 5.02 Å². The molecule has 3 rings (SSSR count). The number of rotatable bonds is 8. The van der Waals surface area contributed by atoms with Crippen molar-refractivity contribution in [3.63, 3.8) is 0 Å². The Labute approximate surface area is 224 Å². The smallest absolute Gasteiger partial charge is 0.408 e. The number of nitrogens with zero attached hydrogens (tertiary/aromatic N) is 1. The summed E-state index contributed by atoms with van der Waals surface area (Å²) in [6.45, 7) is 12.9. The molecule has 1 aliphatic rings. The van der Waals surface area contributed by atoms with E-state index in [0.29, 0.717) is 16.3 Å². The lowest BCUT2D eigenvalue weighted by Gasteiger charge is -2.36. The molecule has 8 heteroatoms. The molecule has 3 amide bonds. The molecule has 2 N–H and O–H groups in total. The summed E-state index contributed by atoms with van der Waals surface area (Å²) in [5, 5.41) is 6.15. The molecule has 1 fully saturated rings. The van der Waals surface area contributed by atoms with Crippen LogP contribution in [0.25, 0.3) is 0 Å². The van der Waals surface area contributed by atoms with Gasteiger partial charge in [-0.25, -0.2) is 4.79 Å². The van der Waals surface area contributed by atoms with Crippen LogP contribution in [0.4, 0.5) is 10.5 Å². The first-order chi connectivity index (χ1) is 17.3. The highest BCUT2D eigenvalue weighted by Crippen LogP contribution is 2.41. The summed E-state index contributed by atoms with van der Waals surface area (Å²) in [5.41, 5.74) is 1.30. The molecule has 4 atom stereocenters. The molecule has 0 spiro atoms. The number of para-hydroxylation sites is 1. The fraction of sp³-hybridized carbons (Fsp3) is 0.483. The standard InChI is InChI=1S/C29H38ClN3O4/c1-17(2)23(32-28(36)37-29(5,6)7)27(35)33(22-16-19(22)4)25(20-13-9-8-10-14-20)26(34)31-24-18(3)12-11-15-21(24)30/h8-15,17,19,22-23,25H,16H2,1-7H3,(H,31,34)(H,32,36). The van der Waals surface area contributed by atoms with Crippen LogP contribution < -0.4 is 10.6 Å². The van der Waals surface area contributed by atoms with Crippen LogP contribution in [0.15, 0.2) is 48.5 Å². The van der Waals surface area contributed by atoms with Crippen LogP contribution >= 0.6 is 11.6 Å². The molecule has 0 radical (unpaired) electrons. The van der Waals surface area contributed by atoms with E-state index in [1.165, 1.54) is 0 Å². The number of alkyl carbamates (subject to hydrolysis) is 1. The second-order valence-corrected chi connectivity index (χ2v) is 11.5. The zero-order chi connectivity index (χ0) is 27.5. The third-order valence-electron chi connectivity index (χ3n) is 6.40. The lowest BCUT2D eigenvalue weighted by molar-refractivity contribution is -0.142. The molecule has 0 bridgehead atoms. The molecule has 2 aromatic rings. The summed E-state index contributed by atoms with van der Waals surface area (Å²) in [7, 11) is 0. The zero-order valence-corrected chi connectivity index (χ0v) is 23.4. The summed E-state index contributed by atoms with van der Waals surface area (Å²) in [4.78, 5) is 42.4. The Balaban J connectivity index is 2.01. The van der Waals surface area contributed by atoms with Gasteiger partial charge < -0.3 is 20.3 Å². The normalized spacial score (nSPS) is 18.5. The van der Waals surface area contributed by atoms with Crippen LogP contribution in [0.5, 0.6) is 0 Å². The SMILES string of the molecule is Cc1cccc(Cl)c1NC(=O)C(c1ccccc1)N(C(=O)C(NC(=O)OC(C)(C)C)C(C)C)C1CC1C. The monoisotopic (exact) mass is 527 g/mol. The number of carbonyl (C=O) groups excluding carboxylic acids is 3. The molecule has 7 nitrogen and oxygen atoms in total. The minimum atomic E-state index is -0.916. The first kappa shape index (κ1) is 28.5. The highest BCUT2D eigenvalue weighted by atomic mass is 35.5. The molecular weight excluding hydrogens is 490 g/mol. The van der Waals surface area contributed by atoms with Gasteiger partial charge in [0.1, 0.15) is 17.7 Å². The van der Waals surface area contributed by atoms with E-state index in [4.69, 9.17) is 16.3 Å². The molecule has 0 aromatic heterocycles. The highest BCUT2D eigenvalue weighted by molar-refractivity contribution is 6.34. The van der Waals surface area contributed by atoms with Crippen molar-refractivity contribution in [3.8, 4) is 0 Å². The van der Waals surface area contributed by atoms with Crippen molar-refractivity contribution < 1.29 is 19.1 Å². The Morgan fingerprint density at radius 3 is 2.19 bits per heavy atom. The van der Waals surface area contributed by atoms with E-state index >= 15 is 0 Å². The maximum absolute atomic E-state index is 14.2. The predicted octanol–water partition coefficient (Wildman–Crippen LogP) is 6.11. The number of benzene rings is 2. The van der Waals surface area contributed by atoms with E-state index in [-0.39, 0.29) is 29.7 Å². The van der Waals surface area contributed by atoms with Gasteiger partial charge in [0, 0.05) is 6.04 Å². The minimum Gasteiger partial charge on any atom is -0.444 e. The fourth-order valence-electron chi connectivity index (χ4n) is 4.34. The van der Waals surface area contributed by atoms with Crippen LogP contribution in [-0.4, -0.2) is 40.5 Å². The average Bonchev–Trinajstić information content (AvgIpc) is 3.52. The van der Waals surface area contributed by atoms with Crippen molar-refractivity contribution in [2.75, 3.05) is 5.32 Å². The second-order valence-electron chi connectivity index (χ2n) is 11.1. The maximum atomic E-state index is 14.2. The number of nitrogens with one attached hydrogen (secondary N) is 2. The van der Waals surface area contributed by atoms with Gasteiger partial charge in [0.2, 0.25) is 5.91 Å². The number of ether oxygens (including phenoxy) is 1. The van der Waals surface area contributed by atoms with E-state index in [1.807, 2.05) is 63.2 Å². The Morgan fingerprint density at radius 2 is 1.68 bits per heavy atom. The van der Waals surface area contributed by atoms with Gasteiger partial charge in [-0.05, 0) is 63.1 Å². The minimum absolute atomic E-state index is 0.141. The number of hydrogen-bond acceptors (Lipinski definition) is 4. The maximum Gasteiger partial charge on any atom is 0.408 e. The third kappa shape index (κ3) is 7.25. The zero-order valence-electron chi connectivity index (χ0n) is 22.7. The van der Waals surface area contributed by atoms with Gasteiger partial charge in [-0.3, -0.25) is 9.59 Å². The van der Waals surface area contributed by atoms with Gasteiger partial charge >= 0.3 is 6.09 Å². The summed E-state index contributed by atoms with van der Waals surface area (Å²) in [6, 6.07) is 12.7. The van der Waals surface area contributed by atoms with Crippen molar-refractivity contribution in [2.24, 2.45) is 11.8 Å². The number of aryl methyl sites for hydroxylation is 1. The second kappa shape index (κ2) is 11.5. The van der Waals surface area contributed by atoms with E-state index in [1.54, 1.807) is 31.7 Å². The molecular formula is C29H38ClN3O4. The highest BCUT2D eigenvalue weighted by Gasteiger charge is 2.48. The number of anilines is 1. The first-order valence-electron chi connectivity index (χ1n) is 12.7. The molecule has 0 aliphatic heterocycles. The number of halogens is 1. The Kier molecular flexibility index (Phi) is 8.90. The Morgan fingerprint density at radius 1 is 1.05 bits per heavy atom. The van der Waals surface area contributed by atoms with Crippen LogP contribution in [0.3, 0.4) is 0 Å². The summed E-state index contributed by atoms with van der Waals surface area (Å²) in [5.74, 6) is -0.703. The molecule has 2 aromatic carbocycles. The number of hydrogen-bond donors (Lipinski definition) is 2. The van der Waals surface area contributed by atoms with E-state index in [0.717, 1.165) is 12.0 Å². The van der Waals surface area contributed by atoms with Crippen molar-refractivity contribution in [1.82, 2.24) is 10.2 Å². The molecule has 0 saturated heterocycles. The van der Waals surface area contributed by atoms with Crippen LogP contribution in [-0.2, 0) is 14.3 Å². The van der Waals surface area contributed by atoms with Gasteiger partial charge in [0.15, 0.2) is 0 Å². The van der Waals surface area contributed by atoms with E-state index in [9.17, 15) is 14.4 Å². The quantitative estimate of drug-likeness (QED) is 0.433. The predicted molar refractivity (Wildman–Crippen MR) is 146 cm³/mol. The van der Waals surface area contributed by atoms with Crippen molar-refractivity contribution in [2.45, 2.75) is 78.6 Å². The van der Waals surface area contributed by atoms with Gasteiger partial charge in [-0.15, -0.1) is 0 Å². The van der Waals surface area contributed by atoms with Gasteiger partial charge in [0.25, 0.3) is 5.91 Å². The van der Waals surface area contributed by atoms with Crippen molar-refractivity contribution in [1.29, 1.82) is 0 Å². The molecule has 1 aliphatic carbocycles. The number of amides is 3. The van der Waals surface area contributed by atoms with Crippen LogP contribution in [0.1, 0.15) is 65.1 Å². The fourth-order valence-corrected chi connectivity index (χ4v) is 4.61. The van der Waals surface area contributed by atoms with Crippen molar-refractivity contribution >= 4 is 35.2 Å². The summed E-state index contributed by atoms with van der Waals surface area (Å²) >= 11 is 6.41. The lowest BCUT2D eigenvalue weighted by Crippen LogP contribution is -2.55. The Hall–Kier alpha value is -3.06. The van der Waals surface area contributed by atoms with E-state index < -0.39 is 23.8 Å². The largest absolute Gasteiger partial charge is 0.444 e. The van der Waals surface area contributed by atoms with Crippen LogP contribution in [0, 0.1) is 18.8 Å². The summed E-state index contributed by atoms with van der Waals surface area (Å²) < 4.78 is 5.43. The summed E-state index contributed by atoms with van der Waals surface area (Å²) in [6.07, 6.45) is 0.0980. The third-order valence-corrected chi connectivity index (χ3v) is 6.71. The Bertz CT molecular complexity index is 1110. The molecule has 37 heavy (non-hydrogen) atoms. The molecule has 4 unspecified atom stereocenters. The topological polar surface area (TPSA) is 87.7 Å². The average molecular weight is 528 g/mol. The lowest BCUT2D eigenvalue weighted by atomic mass is 9.98. The van der Waals surface area contributed by atoms with E-state index in [2.05, 4.69) is 17.6 Å². The molecule has 200 valence electrons. The van der Waals surface area contributed by atoms with Gasteiger partial charge in [0.05, 0.1) is 10.7 Å². The first-order valence-corrected chi connectivity index (χ1v) is 13.1. The van der Waals surface area contributed by atoms with Crippen molar-refractivity contribution in [3.05, 3.63) is 64.7 Å². The number of carbonyl (C=O) groups is 3. The molecule has 1 saturated carbocycles. The molecule has 0 heterocycles. The van der Waals surface area contributed by atoms with Gasteiger partial charge in [-0.1, -0.05) is 74.8 Å². The van der Waals surface area contributed by atoms with Gasteiger partial charge in [-0.2, -0.15) is 0 Å².